The molecule has 0 bridgehead atoms. The average Bonchev–Trinajstić information content (AvgIpc) is 2.71. The van der Waals surface area contributed by atoms with Gasteiger partial charge in [0.25, 0.3) is 0 Å². The van der Waals surface area contributed by atoms with Crippen LogP contribution in [-0.2, 0) is 6.42 Å². The average molecular weight is 213 g/mol. The van der Waals surface area contributed by atoms with Crippen molar-refractivity contribution in [2.45, 2.75) is 19.8 Å². The Morgan fingerprint density at radius 1 is 1.64 bits per heavy atom. The highest BCUT2D eigenvalue weighted by atomic mass is 32.1. The maximum atomic E-state index is 5.61. The van der Waals surface area contributed by atoms with Gasteiger partial charge in [-0.05, 0) is 19.0 Å². The van der Waals surface area contributed by atoms with Crippen LogP contribution in [0.5, 0.6) is 0 Å². The van der Waals surface area contributed by atoms with E-state index in [2.05, 4.69) is 17.2 Å². The monoisotopic (exact) mass is 213 g/mol. The first-order valence-corrected chi connectivity index (χ1v) is 6.04. The summed E-state index contributed by atoms with van der Waals surface area (Å²) in [7, 11) is 0. The fourth-order valence-corrected chi connectivity index (χ4v) is 1.89. The molecule has 1 unspecified atom stereocenters. The quantitative estimate of drug-likeness (QED) is 0.670. The molecule has 4 heteroatoms. The molecule has 0 saturated heterocycles. The minimum Gasteiger partial charge on any atom is -0.330 e. The number of nitrogens with one attached hydrogen (secondary N) is 1. The molecule has 0 aromatic carbocycles. The molecule has 0 aliphatic heterocycles. The van der Waals surface area contributed by atoms with Crippen molar-refractivity contribution in [1.82, 2.24) is 10.3 Å². The van der Waals surface area contributed by atoms with Crippen molar-refractivity contribution in [3.63, 3.8) is 0 Å². The van der Waals surface area contributed by atoms with E-state index in [0.29, 0.717) is 5.92 Å². The van der Waals surface area contributed by atoms with Crippen molar-refractivity contribution in [2.75, 3.05) is 19.6 Å². The van der Waals surface area contributed by atoms with Crippen molar-refractivity contribution in [1.29, 1.82) is 0 Å². The van der Waals surface area contributed by atoms with E-state index in [-0.39, 0.29) is 0 Å². The zero-order valence-corrected chi connectivity index (χ0v) is 9.52. The first-order valence-electron chi connectivity index (χ1n) is 5.16. The molecule has 14 heavy (non-hydrogen) atoms. The second kappa shape index (κ2) is 6.92. The summed E-state index contributed by atoms with van der Waals surface area (Å²) < 4.78 is 0. The summed E-state index contributed by atoms with van der Waals surface area (Å²) in [6, 6.07) is 0. The van der Waals surface area contributed by atoms with Gasteiger partial charge in [0, 0.05) is 24.5 Å². The molecular weight excluding hydrogens is 194 g/mol. The molecule has 0 amide bonds. The lowest BCUT2D eigenvalue weighted by molar-refractivity contribution is 0.473. The Morgan fingerprint density at radius 3 is 3.07 bits per heavy atom. The Bertz CT molecular complexity index is 219. The summed E-state index contributed by atoms with van der Waals surface area (Å²) in [5.41, 5.74) is 5.61. The normalized spacial score (nSPS) is 13.0. The molecular formula is C10H19N3S. The lowest BCUT2D eigenvalue weighted by Crippen LogP contribution is -2.29. The largest absolute Gasteiger partial charge is 0.330 e. The van der Waals surface area contributed by atoms with Gasteiger partial charge in [0.15, 0.2) is 0 Å². The van der Waals surface area contributed by atoms with Crippen LogP contribution in [0.3, 0.4) is 0 Å². The van der Waals surface area contributed by atoms with Crippen molar-refractivity contribution in [2.24, 2.45) is 11.7 Å². The molecule has 0 fully saturated rings. The Morgan fingerprint density at radius 2 is 2.50 bits per heavy atom. The number of hydrogen-bond acceptors (Lipinski definition) is 4. The van der Waals surface area contributed by atoms with Gasteiger partial charge in [-0.3, -0.25) is 0 Å². The summed E-state index contributed by atoms with van der Waals surface area (Å²) in [6.45, 7) is 4.99. The highest BCUT2D eigenvalue weighted by Gasteiger charge is 2.02. The summed E-state index contributed by atoms with van der Waals surface area (Å²) in [5.74, 6) is 0.617. The molecule has 1 aromatic rings. The molecule has 1 aromatic heterocycles. The molecule has 3 nitrogen and oxygen atoms in total. The second-order valence-corrected chi connectivity index (χ2v) is 4.37. The summed E-state index contributed by atoms with van der Waals surface area (Å²) in [5, 5.41) is 6.64. The van der Waals surface area contributed by atoms with Gasteiger partial charge in [0.1, 0.15) is 0 Å². The molecule has 80 valence electrons. The van der Waals surface area contributed by atoms with Crippen molar-refractivity contribution in [3.8, 4) is 0 Å². The number of thiazole rings is 1. The van der Waals surface area contributed by atoms with Gasteiger partial charge >= 0.3 is 0 Å². The van der Waals surface area contributed by atoms with Gasteiger partial charge in [-0.25, -0.2) is 4.98 Å². The van der Waals surface area contributed by atoms with Gasteiger partial charge in [0.05, 0.1) is 5.01 Å². The Hall–Kier alpha value is -0.450. The highest BCUT2D eigenvalue weighted by molar-refractivity contribution is 7.09. The first kappa shape index (κ1) is 11.6. The molecule has 0 saturated carbocycles. The Balaban J connectivity index is 2.04. The van der Waals surface area contributed by atoms with Gasteiger partial charge < -0.3 is 11.1 Å². The van der Waals surface area contributed by atoms with Gasteiger partial charge in [-0.1, -0.05) is 13.3 Å². The minimum absolute atomic E-state index is 0.617. The smallest absolute Gasteiger partial charge is 0.0937 e. The molecule has 0 spiro atoms. The number of nitrogens with two attached hydrogens (primary N) is 1. The Labute approximate surface area is 89.7 Å². The maximum Gasteiger partial charge on any atom is 0.0937 e. The van der Waals surface area contributed by atoms with Crippen LogP contribution in [0.15, 0.2) is 11.6 Å². The zero-order valence-electron chi connectivity index (χ0n) is 8.70. The lowest BCUT2D eigenvalue weighted by Gasteiger charge is -2.12. The first-order chi connectivity index (χ1) is 6.86. The minimum atomic E-state index is 0.617. The van der Waals surface area contributed by atoms with Crippen LogP contribution >= 0.6 is 11.3 Å². The van der Waals surface area contributed by atoms with E-state index in [1.54, 1.807) is 11.3 Å². The number of nitrogens with zero attached hydrogens (tertiary/aromatic N) is 1. The molecule has 3 N–H and O–H groups in total. The van der Waals surface area contributed by atoms with E-state index in [4.69, 9.17) is 5.73 Å². The van der Waals surface area contributed by atoms with Crippen molar-refractivity contribution in [3.05, 3.63) is 16.6 Å². The molecule has 1 heterocycles. The van der Waals surface area contributed by atoms with E-state index < -0.39 is 0 Å². The number of hydrogen-bond donors (Lipinski definition) is 2. The second-order valence-electron chi connectivity index (χ2n) is 3.39. The van der Waals surface area contributed by atoms with Crippen molar-refractivity contribution >= 4 is 11.3 Å². The predicted molar refractivity (Wildman–Crippen MR) is 61.5 cm³/mol. The van der Waals surface area contributed by atoms with Crippen LogP contribution in [0, 0.1) is 5.92 Å². The number of aromatic nitrogens is 1. The maximum absolute atomic E-state index is 5.61. The van der Waals surface area contributed by atoms with Crippen LogP contribution in [0.25, 0.3) is 0 Å². The molecule has 1 atom stereocenters. The topological polar surface area (TPSA) is 50.9 Å². The molecule has 0 aliphatic carbocycles. The van der Waals surface area contributed by atoms with E-state index >= 15 is 0 Å². The van der Waals surface area contributed by atoms with Crippen LogP contribution in [0.4, 0.5) is 0 Å². The van der Waals surface area contributed by atoms with Crippen LogP contribution < -0.4 is 11.1 Å². The Kier molecular flexibility index (Phi) is 5.75. The van der Waals surface area contributed by atoms with Crippen LogP contribution in [0.1, 0.15) is 18.4 Å². The van der Waals surface area contributed by atoms with E-state index in [0.717, 1.165) is 32.5 Å². The predicted octanol–water partition coefficient (Wildman–Crippen LogP) is 1.26. The van der Waals surface area contributed by atoms with Gasteiger partial charge in [0.2, 0.25) is 0 Å². The summed E-state index contributed by atoms with van der Waals surface area (Å²) in [4.78, 5) is 4.23. The van der Waals surface area contributed by atoms with Crippen molar-refractivity contribution < 1.29 is 0 Å². The van der Waals surface area contributed by atoms with Crippen LogP contribution in [0.2, 0.25) is 0 Å². The fourth-order valence-electron chi connectivity index (χ4n) is 1.27. The molecule has 0 radical (unpaired) electrons. The third-order valence-electron chi connectivity index (χ3n) is 2.34. The standard InChI is InChI=1S/C10H19N3S/c1-2-9(7-11)8-12-4-3-10-13-5-6-14-10/h5-6,9,12H,2-4,7-8,11H2,1H3. The molecule has 0 aliphatic rings. The summed E-state index contributed by atoms with van der Waals surface area (Å²) >= 11 is 1.72. The summed E-state index contributed by atoms with van der Waals surface area (Å²) in [6.07, 6.45) is 4.04. The third kappa shape index (κ3) is 4.17. The van der Waals surface area contributed by atoms with Gasteiger partial charge in [-0.2, -0.15) is 0 Å². The highest BCUT2D eigenvalue weighted by Crippen LogP contribution is 2.03. The van der Waals surface area contributed by atoms with Gasteiger partial charge in [-0.15, -0.1) is 11.3 Å². The number of rotatable bonds is 7. The fraction of sp³-hybridized carbons (Fsp3) is 0.700. The van der Waals surface area contributed by atoms with E-state index in [1.807, 2.05) is 11.6 Å². The lowest BCUT2D eigenvalue weighted by atomic mass is 10.1. The molecule has 1 rings (SSSR count). The van der Waals surface area contributed by atoms with E-state index in [9.17, 15) is 0 Å². The zero-order chi connectivity index (χ0) is 10.2. The third-order valence-corrected chi connectivity index (χ3v) is 3.18. The van der Waals surface area contributed by atoms with E-state index in [1.165, 1.54) is 5.01 Å². The SMILES string of the molecule is CCC(CN)CNCCc1nccs1. The van der Waals surface area contributed by atoms with Crippen LogP contribution in [-0.4, -0.2) is 24.6 Å².